The van der Waals surface area contributed by atoms with E-state index in [1.165, 1.54) is 6.07 Å². The van der Waals surface area contributed by atoms with Crippen LogP contribution in [0.3, 0.4) is 0 Å². The molecule has 0 fully saturated rings. The molecule has 0 N–H and O–H groups in total. The fourth-order valence-corrected chi connectivity index (χ4v) is 3.85. The molecule has 5 nitrogen and oxygen atoms in total. The molecule has 0 saturated carbocycles. The highest BCUT2D eigenvalue weighted by molar-refractivity contribution is 5.82. The first-order chi connectivity index (χ1) is 17.2. The molecule has 1 heterocycles. The Morgan fingerprint density at radius 2 is 1.29 bits per heavy atom. The fourth-order valence-electron chi connectivity index (χ4n) is 3.85. The molecule has 0 unspecified atom stereocenters. The van der Waals surface area contributed by atoms with Crippen molar-refractivity contribution in [2.75, 3.05) is 7.11 Å². The smallest absolute Gasteiger partial charge is 0.193 e. The highest BCUT2D eigenvalue weighted by Crippen LogP contribution is 2.40. The average Bonchev–Trinajstić information content (AvgIpc) is 2.91. The van der Waals surface area contributed by atoms with Crippen LogP contribution < -0.4 is 19.6 Å². The van der Waals surface area contributed by atoms with Crippen LogP contribution in [0.15, 0.2) is 112 Å². The fraction of sp³-hybridized carbons (Fsp3) is 0.100. The minimum absolute atomic E-state index is 0.157. The van der Waals surface area contributed by atoms with Gasteiger partial charge in [-0.15, -0.1) is 0 Å². The molecule has 5 aromatic rings. The number of hydrogen-bond acceptors (Lipinski definition) is 5. The van der Waals surface area contributed by atoms with Gasteiger partial charge in [-0.05, 0) is 35.4 Å². The first-order valence-corrected chi connectivity index (χ1v) is 11.3. The number of fused-ring (bicyclic) bond motifs is 1. The minimum Gasteiger partial charge on any atom is -0.497 e. The summed E-state index contributed by atoms with van der Waals surface area (Å²) in [5.41, 5.74) is 2.91. The van der Waals surface area contributed by atoms with Crippen molar-refractivity contribution < 1.29 is 18.6 Å². The van der Waals surface area contributed by atoms with Gasteiger partial charge in [0.15, 0.2) is 5.43 Å². The zero-order valence-corrected chi connectivity index (χ0v) is 19.3. The molecule has 35 heavy (non-hydrogen) atoms. The van der Waals surface area contributed by atoms with E-state index in [1.54, 1.807) is 25.3 Å². The normalized spacial score (nSPS) is 10.8. The quantitative estimate of drug-likeness (QED) is 0.258. The summed E-state index contributed by atoms with van der Waals surface area (Å²) >= 11 is 0. The van der Waals surface area contributed by atoms with Crippen LogP contribution in [0.1, 0.15) is 11.1 Å². The van der Waals surface area contributed by atoms with E-state index in [1.807, 2.05) is 78.9 Å². The SMILES string of the molecule is COc1ccc2c(=O)cc(-c3c(OCc4ccccc4)cccc3OCc3ccccc3)oc2c1. The highest BCUT2D eigenvalue weighted by Gasteiger charge is 2.18. The number of benzene rings is 4. The first-order valence-electron chi connectivity index (χ1n) is 11.3. The number of methoxy groups -OCH3 is 1. The molecular formula is C30H24O5. The van der Waals surface area contributed by atoms with Crippen LogP contribution in [0.5, 0.6) is 17.2 Å². The summed E-state index contributed by atoms with van der Waals surface area (Å²) in [5, 5.41) is 0.476. The van der Waals surface area contributed by atoms with Crippen LogP contribution >= 0.6 is 0 Å². The first kappa shape index (κ1) is 22.3. The van der Waals surface area contributed by atoms with E-state index in [-0.39, 0.29) is 5.43 Å². The van der Waals surface area contributed by atoms with E-state index in [0.717, 1.165) is 11.1 Å². The molecule has 1 aromatic heterocycles. The number of hydrogen-bond donors (Lipinski definition) is 0. The van der Waals surface area contributed by atoms with Crippen molar-refractivity contribution >= 4 is 11.0 Å². The Balaban J connectivity index is 1.58. The molecule has 0 saturated heterocycles. The second-order valence-corrected chi connectivity index (χ2v) is 8.01. The number of rotatable bonds is 8. The molecule has 0 radical (unpaired) electrons. The van der Waals surface area contributed by atoms with Gasteiger partial charge in [0.25, 0.3) is 0 Å². The lowest BCUT2D eigenvalue weighted by Crippen LogP contribution is -2.04. The summed E-state index contributed by atoms with van der Waals surface area (Å²) in [7, 11) is 1.57. The molecule has 0 amide bonds. The van der Waals surface area contributed by atoms with Gasteiger partial charge in [0.05, 0.1) is 12.5 Å². The van der Waals surface area contributed by atoms with Crippen molar-refractivity contribution in [3.05, 3.63) is 124 Å². The summed E-state index contributed by atoms with van der Waals surface area (Å²) in [6.45, 7) is 0.725. The highest BCUT2D eigenvalue weighted by atomic mass is 16.5. The summed E-state index contributed by atoms with van der Waals surface area (Å²) < 4.78 is 23.9. The maximum absolute atomic E-state index is 13.0. The summed E-state index contributed by atoms with van der Waals surface area (Å²) in [4.78, 5) is 13.0. The van der Waals surface area contributed by atoms with E-state index in [9.17, 15) is 4.79 Å². The summed E-state index contributed by atoms with van der Waals surface area (Å²) in [6.07, 6.45) is 0. The van der Waals surface area contributed by atoms with Crippen molar-refractivity contribution in [1.29, 1.82) is 0 Å². The Labute approximate surface area is 203 Å². The Hall–Kier alpha value is -4.51. The predicted molar refractivity (Wildman–Crippen MR) is 136 cm³/mol. The second-order valence-electron chi connectivity index (χ2n) is 8.01. The topological polar surface area (TPSA) is 57.9 Å². The van der Waals surface area contributed by atoms with Gasteiger partial charge in [0.1, 0.15) is 47.4 Å². The lowest BCUT2D eigenvalue weighted by Gasteiger charge is -2.16. The summed E-state index contributed by atoms with van der Waals surface area (Å²) in [5.74, 6) is 2.09. The van der Waals surface area contributed by atoms with Gasteiger partial charge in [0.2, 0.25) is 0 Å². The van der Waals surface area contributed by atoms with Crippen molar-refractivity contribution in [2.24, 2.45) is 0 Å². The Morgan fingerprint density at radius 1 is 0.686 bits per heavy atom. The van der Waals surface area contributed by atoms with Crippen LogP contribution in [-0.2, 0) is 13.2 Å². The predicted octanol–water partition coefficient (Wildman–Crippen LogP) is 6.63. The maximum atomic E-state index is 13.0. The number of ether oxygens (including phenoxy) is 3. The van der Waals surface area contributed by atoms with Crippen molar-refractivity contribution in [2.45, 2.75) is 13.2 Å². The third kappa shape index (κ3) is 5.04. The molecule has 4 aromatic carbocycles. The zero-order chi connectivity index (χ0) is 24.0. The Morgan fingerprint density at radius 3 is 1.86 bits per heavy atom. The van der Waals surface area contributed by atoms with Gasteiger partial charge in [-0.2, -0.15) is 0 Å². The van der Waals surface area contributed by atoms with Crippen molar-refractivity contribution in [1.82, 2.24) is 0 Å². The zero-order valence-electron chi connectivity index (χ0n) is 19.3. The van der Waals surface area contributed by atoms with E-state index in [0.29, 0.717) is 52.8 Å². The minimum atomic E-state index is -0.157. The Kier molecular flexibility index (Phi) is 6.48. The largest absolute Gasteiger partial charge is 0.497 e. The molecule has 0 aliphatic rings. The van der Waals surface area contributed by atoms with E-state index >= 15 is 0 Å². The third-order valence-electron chi connectivity index (χ3n) is 5.65. The standard InChI is InChI=1S/C30H24O5/c1-32-23-15-16-24-25(31)18-29(35-28(24)17-23)30-26(33-19-21-9-4-2-5-10-21)13-8-14-27(30)34-20-22-11-6-3-7-12-22/h2-18H,19-20H2,1H3. The van der Waals surface area contributed by atoms with E-state index in [4.69, 9.17) is 18.6 Å². The third-order valence-corrected chi connectivity index (χ3v) is 5.65. The monoisotopic (exact) mass is 464 g/mol. The second kappa shape index (κ2) is 10.2. The Bertz CT molecular complexity index is 1430. The van der Waals surface area contributed by atoms with Crippen LogP contribution in [0.25, 0.3) is 22.3 Å². The van der Waals surface area contributed by atoms with Crippen molar-refractivity contribution in [3.63, 3.8) is 0 Å². The van der Waals surface area contributed by atoms with Gasteiger partial charge in [-0.25, -0.2) is 0 Å². The lowest BCUT2D eigenvalue weighted by molar-refractivity contribution is 0.291. The van der Waals surface area contributed by atoms with Crippen LogP contribution in [0.2, 0.25) is 0 Å². The molecule has 0 atom stereocenters. The molecular weight excluding hydrogens is 440 g/mol. The van der Waals surface area contributed by atoms with Gasteiger partial charge in [0, 0.05) is 12.1 Å². The van der Waals surface area contributed by atoms with Crippen LogP contribution in [0, 0.1) is 0 Å². The molecule has 174 valence electrons. The average molecular weight is 465 g/mol. The van der Waals surface area contributed by atoms with Gasteiger partial charge < -0.3 is 18.6 Å². The molecule has 5 heteroatoms. The van der Waals surface area contributed by atoms with E-state index in [2.05, 4.69) is 0 Å². The van der Waals surface area contributed by atoms with Crippen LogP contribution in [0.4, 0.5) is 0 Å². The molecule has 0 aliphatic heterocycles. The lowest BCUT2D eigenvalue weighted by atomic mass is 10.1. The van der Waals surface area contributed by atoms with Crippen LogP contribution in [-0.4, -0.2) is 7.11 Å². The maximum Gasteiger partial charge on any atom is 0.193 e. The van der Waals surface area contributed by atoms with Crippen molar-refractivity contribution in [3.8, 4) is 28.6 Å². The summed E-state index contributed by atoms with van der Waals surface area (Å²) in [6, 6.07) is 32.0. The molecule has 0 bridgehead atoms. The van der Waals surface area contributed by atoms with Gasteiger partial charge in [-0.3, -0.25) is 4.79 Å². The van der Waals surface area contributed by atoms with E-state index < -0.39 is 0 Å². The molecule has 5 rings (SSSR count). The molecule has 0 spiro atoms. The molecule has 0 aliphatic carbocycles. The van der Waals surface area contributed by atoms with Gasteiger partial charge in [-0.1, -0.05) is 66.7 Å². The van der Waals surface area contributed by atoms with Gasteiger partial charge >= 0.3 is 0 Å².